The molecule has 0 aliphatic carbocycles. The first-order valence-electron chi connectivity index (χ1n) is 11.0. The van der Waals surface area contributed by atoms with Crippen molar-refractivity contribution in [3.63, 3.8) is 0 Å². The van der Waals surface area contributed by atoms with Crippen LogP contribution in [-0.2, 0) is 14.6 Å². The van der Waals surface area contributed by atoms with Crippen molar-refractivity contribution >= 4 is 38.9 Å². The van der Waals surface area contributed by atoms with E-state index in [1.807, 2.05) is 18.7 Å². The number of fused-ring (bicyclic) bond motifs is 1. The van der Waals surface area contributed by atoms with Crippen LogP contribution in [0.25, 0.3) is 0 Å². The Labute approximate surface area is 202 Å². The van der Waals surface area contributed by atoms with Gasteiger partial charge in [0.05, 0.1) is 21.2 Å². The van der Waals surface area contributed by atoms with E-state index >= 15 is 0 Å². The van der Waals surface area contributed by atoms with Crippen molar-refractivity contribution in [3.8, 4) is 5.75 Å². The number of carboxylic acid groups (broad SMARTS) is 1. The number of hydrogen-bond donors (Lipinski definition) is 1. The van der Waals surface area contributed by atoms with Gasteiger partial charge in [0, 0.05) is 18.3 Å². The maximum Gasteiger partial charge on any atom is 0.368 e. The molecule has 34 heavy (non-hydrogen) atoms. The summed E-state index contributed by atoms with van der Waals surface area (Å²) in [6.07, 6.45) is 2.97. The molecule has 1 N–H and O–H groups in total. The number of sulfone groups is 1. The Morgan fingerprint density at radius 2 is 1.97 bits per heavy atom. The third kappa shape index (κ3) is 6.09. The van der Waals surface area contributed by atoms with E-state index in [-0.39, 0.29) is 22.3 Å². The quantitative estimate of drug-likeness (QED) is 0.253. The third-order valence-corrected chi connectivity index (χ3v) is 8.27. The Morgan fingerprint density at radius 1 is 1.26 bits per heavy atom. The summed E-state index contributed by atoms with van der Waals surface area (Å²) >= 11 is 1.35. The third-order valence-electron chi connectivity index (χ3n) is 5.44. The lowest BCUT2D eigenvalue weighted by Gasteiger charge is -2.28. The van der Waals surface area contributed by atoms with Crippen LogP contribution in [0.4, 0.5) is 20.2 Å². The van der Waals surface area contributed by atoms with Crippen LogP contribution in [0.3, 0.4) is 0 Å². The number of nitrogens with zero attached hydrogens (tertiary/aromatic N) is 1. The van der Waals surface area contributed by atoms with Gasteiger partial charge in [-0.1, -0.05) is 26.7 Å². The number of hydrogen-bond acceptors (Lipinski definition) is 6. The van der Waals surface area contributed by atoms with Gasteiger partial charge in [0.15, 0.2) is 9.84 Å². The van der Waals surface area contributed by atoms with Gasteiger partial charge >= 0.3 is 5.97 Å². The molecular weight excluding hydrogens is 484 g/mol. The largest absolute Gasteiger partial charge is 0.476 e. The van der Waals surface area contributed by atoms with Crippen molar-refractivity contribution in [1.82, 2.24) is 0 Å². The van der Waals surface area contributed by atoms with Crippen molar-refractivity contribution in [2.24, 2.45) is 5.92 Å². The molecule has 2 aromatic rings. The van der Waals surface area contributed by atoms with Crippen LogP contribution in [0, 0.1) is 11.7 Å². The zero-order valence-corrected chi connectivity index (χ0v) is 20.6. The molecule has 0 saturated carbocycles. The molecule has 1 heterocycles. The lowest BCUT2D eigenvalue weighted by Crippen LogP contribution is -2.26. The van der Waals surface area contributed by atoms with E-state index < -0.39 is 27.5 Å². The highest BCUT2D eigenvalue weighted by molar-refractivity contribution is 7.99. The minimum absolute atomic E-state index is 0.00964. The van der Waals surface area contributed by atoms with Crippen LogP contribution in [-0.4, -0.2) is 37.5 Å². The molecule has 1 aliphatic rings. The van der Waals surface area contributed by atoms with Crippen LogP contribution in [0.1, 0.15) is 33.1 Å². The fraction of sp³-hybridized carbons (Fsp3) is 0.375. The SMILES string of the molecule is CCCC[C@@H]1CN(c2ccc(F)cc2)c2cc(SCC)c(O/C=C(\F)C(=O)O)cc2S(=O)(=O)C1. The lowest BCUT2D eigenvalue weighted by molar-refractivity contribution is -0.134. The van der Waals surface area contributed by atoms with Gasteiger partial charge in [0.1, 0.15) is 17.8 Å². The van der Waals surface area contributed by atoms with E-state index in [4.69, 9.17) is 9.84 Å². The van der Waals surface area contributed by atoms with Gasteiger partial charge in [-0.05, 0) is 48.4 Å². The fourth-order valence-electron chi connectivity index (χ4n) is 3.86. The number of carbonyl (C=O) groups is 1. The number of carboxylic acids is 1. The number of thioether (sulfide) groups is 1. The first-order chi connectivity index (χ1) is 16.2. The Kier molecular flexibility index (Phi) is 8.59. The van der Waals surface area contributed by atoms with Gasteiger partial charge < -0.3 is 14.7 Å². The molecular formula is C24H27F2NO5S2. The molecule has 10 heteroatoms. The summed E-state index contributed by atoms with van der Waals surface area (Å²) in [7, 11) is -3.75. The first kappa shape index (κ1) is 26.0. The molecule has 1 atom stereocenters. The highest BCUT2D eigenvalue weighted by Gasteiger charge is 2.33. The van der Waals surface area contributed by atoms with Crippen LogP contribution in [0.15, 0.2) is 58.3 Å². The normalized spacial score (nSPS) is 17.7. The lowest BCUT2D eigenvalue weighted by atomic mass is 10.0. The van der Waals surface area contributed by atoms with Crippen molar-refractivity contribution in [3.05, 3.63) is 54.3 Å². The number of rotatable bonds is 9. The molecule has 184 valence electrons. The summed E-state index contributed by atoms with van der Waals surface area (Å²) in [4.78, 5) is 13.2. The highest BCUT2D eigenvalue weighted by atomic mass is 32.2. The maximum atomic E-state index is 13.6. The molecule has 1 aliphatic heterocycles. The fourth-order valence-corrected chi connectivity index (χ4v) is 6.46. The number of unbranched alkanes of at least 4 members (excludes halogenated alkanes) is 1. The summed E-state index contributed by atoms with van der Waals surface area (Å²) in [5, 5.41) is 8.77. The zero-order valence-electron chi connectivity index (χ0n) is 19.0. The van der Waals surface area contributed by atoms with Gasteiger partial charge in [0.25, 0.3) is 0 Å². The number of halogens is 2. The van der Waals surface area contributed by atoms with Crippen molar-refractivity contribution in [2.45, 2.75) is 42.9 Å². The van der Waals surface area contributed by atoms with Gasteiger partial charge in [-0.15, -0.1) is 11.8 Å². The predicted octanol–water partition coefficient (Wildman–Crippen LogP) is 5.94. The molecule has 0 amide bonds. The standard InChI is InChI=1S/C24H27F2NO5S2/c1-3-5-6-16-13-27(18-9-7-17(25)8-10-18)20-11-22(33-4-2)21(32-14-19(26)24(28)29)12-23(20)34(30,31)15-16/h7-12,14,16H,3-6,13,15H2,1-2H3,(H,28,29)/b19-14-/t16-/m1/s1. The molecule has 0 spiro atoms. The van der Waals surface area contributed by atoms with E-state index in [9.17, 15) is 22.0 Å². The summed E-state index contributed by atoms with van der Waals surface area (Å²) in [6, 6.07) is 8.86. The van der Waals surface area contributed by atoms with Crippen LogP contribution < -0.4 is 9.64 Å². The summed E-state index contributed by atoms with van der Waals surface area (Å²) < 4.78 is 59.3. The topological polar surface area (TPSA) is 83.9 Å². The summed E-state index contributed by atoms with van der Waals surface area (Å²) in [6.45, 7) is 4.37. The van der Waals surface area contributed by atoms with Gasteiger partial charge in [-0.25, -0.2) is 17.6 Å². The van der Waals surface area contributed by atoms with E-state index in [0.29, 0.717) is 41.3 Å². The number of ether oxygens (including phenoxy) is 1. The summed E-state index contributed by atoms with van der Waals surface area (Å²) in [5.74, 6) is -3.24. The molecule has 0 radical (unpaired) electrons. The predicted molar refractivity (Wildman–Crippen MR) is 129 cm³/mol. The minimum atomic E-state index is -3.75. The van der Waals surface area contributed by atoms with Gasteiger partial charge in [-0.3, -0.25) is 0 Å². The molecule has 0 bridgehead atoms. The van der Waals surface area contributed by atoms with Crippen LogP contribution in [0.2, 0.25) is 0 Å². The molecule has 0 saturated heterocycles. The molecule has 2 aromatic carbocycles. The van der Waals surface area contributed by atoms with E-state index in [2.05, 4.69) is 0 Å². The Balaban J connectivity index is 2.19. The maximum absolute atomic E-state index is 13.6. The monoisotopic (exact) mass is 511 g/mol. The van der Waals surface area contributed by atoms with E-state index in [1.165, 1.54) is 30.0 Å². The zero-order chi connectivity index (χ0) is 24.9. The Bertz CT molecular complexity index is 1170. The average molecular weight is 512 g/mol. The van der Waals surface area contributed by atoms with Gasteiger partial charge in [-0.2, -0.15) is 4.39 Å². The van der Waals surface area contributed by atoms with Crippen LogP contribution >= 0.6 is 11.8 Å². The molecule has 0 unspecified atom stereocenters. The second-order valence-electron chi connectivity index (χ2n) is 7.97. The molecule has 6 nitrogen and oxygen atoms in total. The second kappa shape index (κ2) is 11.2. The first-order valence-corrected chi connectivity index (χ1v) is 13.6. The Hall–Kier alpha value is -2.59. The second-order valence-corrected chi connectivity index (χ2v) is 11.3. The minimum Gasteiger partial charge on any atom is -0.476 e. The van der Waals surface area contributed by atoms with Crippen molar-refractivity contribution in [2.75, 3.05) is 23.0 Å². The molecule has 3 rings (SSSR count). The number of benzene rings is 2. The highest BCUT2D eigenvalue weighted by Crippen LogP contribution is 2.43. The van der Waals surface area contributed by atoms with Crippen molar-refractivity contribution < 1.29 is 31.8 Å². The average Bonchev–Trinajstić information content (AvgIpc) is 2.90. The van der Waals surface area contributed by atoms with E-state index in [0.717, 1.165) is 12.8 Å². The summed E-state index contributed by atoms with van der Waals surface area (Å²) in [5.41, 5.74) is 1.08. The number of anilines is 2. The van der Waals surface area contributed by atoms with Gasteiger partial charge in [0.2, 0.25) is 5.83 Å². The molecule has 0 fully saturated rings. The smallest absolute Gasteiger partial charge is 0.368 e. The number of aliphatic carboxylic acids is 1. The molecule has 0 aromatic heterocycles. The van der Waals surface area contributed by atoms with E-state index in [1.54, 1.807) is 18.2 Å². The van der Waals surface area contributed by atoms with Crippen molar-refractivity contribution in [1.29, 1.82) is 0 Å². The Morgan fingerprint density at radius 3 is 2.59 bits per heavy atom. The van der Waals surface area contributed by atoms with Crippen LogP contribution in [0.5, 0.6) is 5.75 Å².